The van der Waals surface area contributed by atoms with E-state index in [0.29, 0.717) is 0 Å². The summed E-state index contributed by atoms with van der Waals surface area (Å²) in [5.41, 5.74) is 2.30. The van der Waals surface area contributed by atoms with Crippen LogP contribution in [0.4, 0.5) is 0 Å². The minimum atomic E-state index is 0. The van der Waals surface area contributed by atoms with Gasteiger partial charge in [-0.3, -0.25) is 0 Å². The van der Waals surface area contributed by atoms with E-state index >= 15 is 0 Å². The fourth-order valence-corrected chi connectivity index (χ4v) is 1.48. The van der Waals surface area contributed by atoms with Crippen molar-refractivity contribution in [3.63, 3.8) is 0 Å². The Morgan fingerprint density at radius 3 is 2.19 bits per heavy atom. The second-order valence-corrected chi connectivity index (χ2v) is 3.74. The van der Waals surface area contributed by atoms with Gasteiger partial charge in [0.05, 0.1) is 6.61 Å². The molecule has 3 heteroatoms. The minimum absolute atomic E-state index is 0. The van der Waals surface area contributed by atoms with Gasteiger partial charge in [-0.2, -0.15) is 17.2 Å². The zero-order chi connectivity index (χ0) is 10.4. The van der Waals surface area contributed by atoms with Crippen LogP contribution in [0.15, 0.2) is 12.1 Å². The SMILES string of the molecule is CCCCCOc1cc(C)[c-]c(C)c1.[Br-].[Mg+2]. The molecule has 1 rings (SSSR count). The maximum atomic E-state index is 5.65. The summed E-state index contributed by atoms with van der Waals surface area (Å²) in [6.07, 6.45) is 3.63. The number of hydrogen-bond donors (Lipinski definition) is 0. The van der Waals surface area contributed by atoms with Crippen LogP contribution in [0.3, 0.4) is 0 Å². The Bertz CT molecular complexity index is 269. The third-order valence-corrected chi connectivity index (χ3v) is 2.13. The van der Waals surface area contributed by atoms with Gasteiger partial charge in [0, 0.05) is 5.75 Å². The molecule has 0 heterocycles. The first-order valence-corrected chi connectivity index (χ1v) is 5.35. The molecule has 0 saturated heterocycles. The van der Waals surface area contributed by atoms with Crippen molar-refractivity contribution in [2.45, 2.75) is 40.0 Å². The summed E-state index contributed by atoms with van der Waals surface area (Å²) < 4.78 is 5.65. The van der Waals surface area contributed by atoms with Gasteiger partial charge in [-0.25, -0.2) is 0 Å². The van der Waals surface area contributed by atoms with E-state index < -0.39 is 0 Å². The summed E-state index contributed by atoms with van der Waals surface area (Å²) in [4.78, 5) is 0. The van der Waals surface area contributed by atoms with E-state index in [0.717, 1.165) is 29.9 Å². The number of halogens is 1. The van der Waals surface area contributed by atoms with Crippen LogP contribution in [0.1, 0.15) is 37.3 Å². The number of ether oxygens (including phenoxy) is 1. The molecule has 0 bridgehead atoms. The van der Waals surface area contributed by atoms with E-state index in [1.165, 1.54) is 12.8 Å². The molecule has 0 aromatic heterocycles. The summed E-state index contributed by atoms with van der Waals surface area (Å²) in [6, 6.07) is 7.31. The van der Waals surface area contributed by atoms with Crippen LogP contribution < -0.4 is 21.7 Å². The maximum Gasteiger partial charge on any atom is 2.00 e. The molecule has 0 unspecified atom stereocenters. The average molecular weight is 296 g/mol. The molecule has 0 spiro atoms. The van der Waals surface area contributed by atoms with Crippen LogP contribution in [0.5, 0.6) is 5.75 Å². The van der Waals surface area contributed by atoms with Crippen LogP contribution in [0.25, 0.3) is 0 Å². The number of benzene rings is 1. The quantitative estimate of drug-likeness (QED) is 0.431. The standard InChI is InChI=1S/C13H19O.BrH.Mg/c1-4-5-6-7-14-13-9-11(2)8-12(3)10-13;;/h9-10H,4-7H2,1-3H3;1H;/q-1;;+2/p-1. The first kappa shape index (κ1) is 18.6. The van der Waals surface area contributed by atoms with Crippen molar-refractivity contribution < 1.29 is 21.7 Å². The van der Waals surface area contributed by atoms with E-state index in [4.69, 9.17) is 4.74 Å². The molecule has 0 atom stereocenters. The first-order valence-electron chi connectivity index (χ1n) is 5.35. The Balaban J connectivity index is 0. The van der Waals surface area contributed by atoms with Crippen molar-refractivity contribution in [2.75, 3.05) is 6.61 Å². The molecular weight excluding hydrogens is 276 g/mol. The van der Waals surface area contributed by atoms with Crippen molar-refractivity contribution in [2.24, 2.45) is 0 Å². The van der Waals surface area contributed by atoms with Gasteiger partial charge in [0.2, 0.25) is 0 Å². The largest absolute Gasteiger partial charge is 2.00 e. The van der Waals surface area contributed by atoms with Gasteiger partial charge >= 0.3 is 23.1 Å². The van der Waals surface area contributed by atoms with E-state index in [9.17, 15) is 0 Å². The van der Waals surface area contributed by atoms with Gasteiger partial charge in [-0.15, -0.1) is 12.1 Å². The Labute approximate surface area is 126 Å². The molecule has 1 aromatic rings. The fourth-order valence-electron chi connectivity index (χ4n) is 1.48. The van der Waals surface area contributed by atoms with Gasteiger partial charge in [0.1, 0.15) is 0 Å². The number of unbranched alkanes of at least 4 members (excludes halogenated alkanes) is 2. The molecule has 1 aromatic carbocycles. The third-order valence-electron chi connectivity index (χ3n) is 2.13. The average Bonchev–Trinajstić information content (AvgIpc) is 2.11. The van der Waals surface area contributed by atoms with Crippen LogP contribution in [-0.4, -0.2) is 29.7 Å². The first-order chi connectivity index (χ1) is 6.72. The molecule has 0 aliphatic heterocycles. The molecule has 0 radical (unpaired) electrons. The Morgan fingerprint density at radius 1 is 1.12 bits per heavy atom. The second kappa shape index (κ2) is 10.4. The molecule has 0 fully saturated rings. The van der Waals surface area contributed by atoms with Crippen molar-refractivity contribution in [3.8, 4) is 5.75 Å². The summed E-state index contributed by atoms with van der Waals surface area (Å²) in [6.45, 7) is 7.13. The summed E-state index contributed by atoms with van der Waals surface area (Å²) in [7, 11) is 0. The molecular formula is C13H19BrMgO. The smallest absolute Gasteiger partial charge is 1.00 e. The van der Waals surface area contributed by atoms with Gasteiger partial charge in [0.15, 0.2) is 0 Å². The van der Waals surface area contributed by atoms with Crippen molar-refractivity contribution in [1.29, 1.82) is 0 Å². The molecule has 0 aliphatic rings. The molecule has 0 amide bonds. The molecule has 0 aliphatic carbocycles. The Kier molecular flexibility index (Phi) is 12.1. The minimum Gasteiger partial charge on any atom is -1.00 e. The van der Waals surface area contributed by atoms with Crippen LogP contribution in [0, 0.1) is 19.9 Å². The predicted octanol–water partition coefficient (Wildman–Crippen LogP) is 0.296. The summed E-state index contributed by atoms with van der Waals surface area (Å²) in [5.74, 6) is 0.981. The number of aryl methyl sites for hydroxylation is 2. The Hall–Kier alpha value is 0.266. The van der Waals surface area contributed by atoms with Gasteiger partial charge < -0.3 is 21.7 Å². The van der Waals surface area contributed by atoms with E-state index in [-0.39, 0.29) is 40.0 Å². The normalized spacial score (nSPS) is 8.94. The predicted molar refractivity (Wildman–Crippen MR) is 65.5 cm³/mol. The topological polar surface area (TPSA) is 9.23 Å². The van der Waals surface area contributed by atoms with Crippen molar-refractivity contribution in [3.05, 3.63) is 29.3 Å². The second-order valence-electron chi connectivity index (χ2n) is 3.74. The summed E-state index contributed by atoms with van der Waals surface area (Å²) >= 11 is 0. The van der Waals surface area contributed by atoms with Gasteiger partial charge in [0.25, 0.3) is 0 Å². The molecule has 86 valence electrons. The van der Waals surface area contributed by atoms with Gasteiger partial charge in [-0.05, 0) is 6.42 Å². The Morgan fingerprint density at radius 2 is 1.69 bits per heavy atom. The monoisotopic (exact) mass is 294 g/mol. The van der Waals surface area contributed by atoms with Gasteiger partial charge in [-0.1, -0.05) is 33.6 Å². The molecule has 1 nitrogen and oxygen atoms in total. The van der Waals surface area contributed by atoms with Crippen LogP contribution in [0.2, 0.25) is 0 Å². The molecule has 0 saturated carbocycles. The maximum absolute atomic E-state index is 5.65. The van der Waals surface area contributed by atoms with Crippen molar-refractivity contribution >= 4 is 23.1 Å². The number of hydrogen-bond acceptors (Lipinski definition) is 1. The fraction of sp³-hybridized carbons (Fsp3) is 0.538. The third kappa shape index (κ3) is 7.53. The molecule has 0 N–H and O–H groups in total. The van der Waals surface area contributed by atoms with E-state index in [1.807, 2.05) is 26.0 Å². The zero-order valence-corrected chi connectivity index (χ0v) is 13.5. The van der Waals surface area contributed by atoms with E-state index in [2.05, 4.69) is 13.0 Å². The zero-order valence-electron chi connectivity index (χ0n) is 10.5. The number of rotatable bonds is 5. The van der Waals surface area contributed by atoms with E-state index in [1.54, 1.807) is 0 Å². The summed E-state index contributed by atoms with van der Waals surface area (Å²) in [5, 5.41) is 0. The van der Waals surface area contributed by atoms with Crippen LogP contribution in [-0.2, 0) is 0 Å². The van der Waals surface area contributed by atoms with Crippen molar-refractivity contribution in [1.82, 2.24) is 0 Å². The van der Waals surface area contributed by atoms with Crippen LogP contribution >= 0.6 is 0 Å². The molecule has 16 heavy (non-hydrogen) atoms.